The van der Waals surface area contributed by atoms with E-state index in [0.717, 1.165) is 43.6 Å². The van der Waals surface area contributed by atoms with Gasteiger partial charge in [0.2, 0.25) is 5.91 Å². The first-order valence-electron chi connectivity index (χ1n) is 9.26. The van der Waals surface area contributed by atoms with Gasteiger partial charge in [-0.25, -0.2) is 0 Å². The van der Waals surface area contributed by atoms with E-state index in [4.69, 9.17) is 27.9 Å². The summed E-state index contributed by atoms with van der Waals surface area (Å²) in [5.74, 6) is 0.790. The second-order valence-electron chi connectivity index (χ2n) is 6.68. The van der Waals surface area contributed by atoms with Crippen LogP contribution in [0.3, 0.4) is 0 Å². The third-order valence-electron chi connectivity index (χ3n) is 4.57. The largest absolute Gasteiger partial charge is 0.486 e. The first kappa shape index (κ1) is 22.8. The van der Waals surface area contributed by atoms with Gasteiger partial charge in [-0.05, 0) is 42.6 Å². The number of halogens is 3. The van der Waals surface area contributed by atoms with Crippen LogP contribution in [0.2, 0.25) is 10.0 Å². The van der Waals surface area contributed by atoms with E-state index in [-0.39, 0.29) is 18.3 Å². The molecule has 0 saturated carbocycles. The van der Waals surface area contributed by atoms with Crippen LogP contribution in [-0.2, 0) is 17.9 Å². The number of hydrogen-bond acceptors (Lipinski definition) is 3. The monoisotopic (exact) mass is 442 g/mol. The highest BCUT2D eigenvalue weighted by Gasteiger charge is 2.18. The van der Waals surface area contributed by atoms with E-state index in [0.29, 0.717) is 35.4 Å². The fraction of sp³-hybridized carbons (Fsp3) is 0.381. The Balaban J connectivity index is 0.00000280. The number of rotatable bonds is 9. The summed E-state index contributed by atoms with van der Waals surface area (Å²) in [7, 11) is 0. The van der Waals surface area contributed by atoms with E-state index in [1.165, 1.54) is 0 Å². The maximum atomic E-state index is 11.6. The van der Waals surface area contributed by atoms with Gasteiger partial charge in [0, 0.05) is 26.1 Å². The average Bonchev–Trinajstić information content (AvgIpc) is 3.06. The number of carbonyl (C=O) groups excluding carboxylic acids is 1. The molecule has 152 valence electrons. The highest BCUT2D eigenvalue weighted by molar-refractivity contribution is 6.37. The van der Waals surface area contributed by atoms with Crippen molar-refractivity contribution in [3.63, 3.8) is 0 Å². The van der Waals surface area contributed by atoms with Crippen molar-refractivity contribution in [1.82, 2.24) is 10.2 Å². The van der Waals surface area contributed by atoms with Gasteiger partial charge < -0.3 is 15.0 Å². The van der Waals surface area contributed by atoms with Crippen molar-refractivity contribution in [3.05, 3.63) is 63.6 Å². The molecule has 7 heteroatoms. The molecule has 28 heavy (non-hydrogen) atoms. The van der Waals surface area contributed by atoms with Gasteiger partial charge in [-0.2, -0.15) is 0 Å². The number of hydrogen-bond donors (Lipinski definition) is 1. The number of amides is 1. The minimum Gasteiger partial charge on any atom is -0.486 e. The van der Waals surface area contributed by atoms with Crippen molar-refractivity contribution < 1.29 is 9.53 Å². The highest BCUT2D eigenvalue weighted by atomic mass is 35.5. The van der Waals surface area contributed by atoms with Crippen molar-refractivity contribution in [3.8, 4) is 5.75 Å². The summed E-state index contributed by atoms with van der Waals surface area (Å²) >= 11 is 12.7. The first-order valence-corrected chi connectivity index (χ1v) is 10.0. The van der Waals surface area contributed by atoms with Crippen LogP contribution in [-0.4, -0.2) is 30.4 Å². The maximum Gasteiger partial charge on any atom is 0.222 e. The SMILES string of the molecule is Cl.O=C1CCCN1CCCNCc1cc(Cl)c(OCc2ccccc2)c(Cl)c1. The van der Waals surface area contributed by atoms with E-state index in [2.05, 4.69) is 5.32 Å². The standard InChI is InChI=1S/C21H24Cl2N2O2.ClH/c22-18-12-17(14-24-9-5-11-25-10-4-8-20(25)26)13-19(23)21(18)27-15-16-6-2-1-3-7-16;/h1-3,6-7,12-13,24H,4-5,8-11,14-15H2;1H. The van der Waals surface area contributed by atoms with Gasteiger partial charge >= 0.3 is 0 Å². The molecule has 3 rings (SSSR count). The Morgan fingerprint density at radius 2 is 1.79 bits per heavy atom. The maximum absolute atomic E-state index is 11.6. The van der Waals surface area contributed by atoms with Crippen LogP contribution in [0.5, 0.6) is 5.75 Å². The Morgan fingerprint density at radius 1 is 1.07 bits per heavy atom. The lowest BCUT2D eigenvalue weighted by molar-refractivity contribution is -0.127. The summed E-state index contributed by atoms with van der Waals surface area (Å²) in [6.07, 6.45) is 2.62. The minimum atomic E-state index is 0. The summed E-state index contributed by atoms with van der Waals surface area (Å²) in [5, 5.41) is 4.40. The molecule has 0 unspecified atom stereocenters. The number of nitrogens with zero attached hydrogens (tertiary/aromatic N) is 1. The topological polar surface area (TPSA) is 41.6 Å². The van der Waals surface area contributed by atoms with Gasteiger partial charge in [0.15, 0.2) is 5.75 Å². The van der Waals surface area contributed by atoms with Gasteiger partial charge in [0.1, 0.15) is 6.61 Å². The van der Waals surface area contributed by atoms with E-state index in [1.54, 1.807) is 0 Å². The molecule has 1 saturated heterocycles. The van der Waals surface area contributed by atoms with Crippen molar-refractivity contribution in [2.45, 2.75) is 32.4 Å². The van der Waals surface area contributed by atoms with Crippen LogP contribution in [0.25, 0.3) is 0 Å². The third kappa shape index (κ3) is 6.56. The lowest BCUT2D eigenvalue weighted by atomic mass is 10.2. The Kier molecular flexibility index (Phi) is 9.39. The number of ether oxygens (including phenoxy) is 1. The molecule has 1 amide bonds. The fourth-order valence-electron chi connectivity index (χ4n) is 3.15. The number of likely N-dealkylation sites (tertiary alicyclic amines) is 1. The molecule has 2 aromatic carbocycles. The molecule has 4 nitrogen and oxygen atoms in total. The van der Waals surface area contributed by atoms with E-state index >= 15 is 0 Å². The Morgan fingerprint density at radius 3 is 2.43 bits per heavy atom. The quantitative estimate of drug-likeness (QED) is 0.548. The van der Waals surface area contributed by atoms with Gasteiger partial charge in [-0.1, -0.05) is 53.5 Å². The first-order chi connectivity index (χ1) is 13.1. The fourth-order valence-corrected chi connectivity index (χ4v) is 3.79. The van der Waals surface area contributed by atoms with E-state index in [1.807, 2.05) is 47.4 Å². The van der Waals surface area contributed by atoms with Gasteiger partial charge in [0.25, 0.3) is 0 Å². The van der Waals surface area contributed by atoms with Crippen LogP contribution in [0.4, 0.5) is 0 Å². The Labute approximate surface area is 182 Å². The molecular weight excluding hydrogens is 419 g/mol. The molecule has 0 spiro atoms. The Bertz CT molecular complexity index is 748. The summed E-state index contributed by atoms with van der Waals surface area (Å²) < 4.78 is 5.80. The summed E-state index contributed by atoms with van der Waals surface area (Å²) in [6.45, 7) is 3.65. The molecule has 0 aromatic heterocycles. The molecule has 2 aromatic rings. The highest BCUT2D eigenvalue weighted by Crippen LogP contribution is 2.34. The Hall–Kier alpha value is -1.46. The molecule has 0 atom stereocenters. The van der Waals surface area contributed by atoms with E-state index in [9.17, 15) is 4.79 Å². The van der Waals surface area contributed by atoms with Gasteiger partial charge in [-0.3, -0.25) is 4.79 Å². The van der Waals surface area contributed by atoms with Crippen LogP contribution in [0, 0.1) is 0 Å². The zero-order chi connectivity index (χ0) is 19.1. The van der Waals surface area contributed by atoms with Crippen molar-refractivity contribution in [1.29, 1.82) is 0 Å². The predicted octanol–water partition coefficient (Wildman–Crippen LogP) is 5.10. The summed E-state index contributed by atoms with van der Waals surface area (Å²) in [5.41, 5.74) is 2.07. The second kappa shape index (κ2) is 11.5. The molecule has 1 aliphatic rings. The number of carbonyl (C=O) groups is 1. The zero-order valence-electron chi connectivity index (χ0n) is 15.6. The van der Waals surface area contributed by atoms with Crippen molar-refractivity contribution in [2.24, 2.45) is 0 Å². The normalized spacial score (nSPS) is 13.5. The molecule has 0 radical (unpaired) electrons. The van der Waals surface area contributed by atoms with Crippen LogP contribution >= 0.6 is 35.6 Å². The van der Waals surface area contributed by atoms with Crippen molar-refractivity contribution in [2.75, 3.05) is 19.6 Å². The van der Waals surface area contributed by atoms with Crippen molar-refractivity contribution >= 4 is 41.5 Å². The molecule has 1 heterocycles. The predicted molar refractivity (Wildman–Crippen MR) is 117 cm³/mol. The molecule has 0 aliphatic carbocycles. The number of nitrogens with one attached hydrogen (secondary N) is 1. The van der Waals surface area contributed by atoms with Crippen LogP contribution < -0.4 is 10.1 Å². The molecular formula is C21H25Cl3N2O2. The molecule has 1 aliphatic heterocycles. The van der Waals surface area contributed by atoms with Gasteiger partial charge in [-0.15, -0.1) is 12.4 Å². The third-order valence-corrected chi connectivity index (χ3v) is 5.13. The zero-order valence-corrected chi connectivity index (χ0v) is 18.0. The lowest BCUT2D eigenvalue weighted by Gasteiger charge is -2.15. The minimum absolute atomic E-state index is 0. The average molecular weight is 444 g/mol. The van der Waals surface area contributed by atoms with Gasteiger partial charge in [0.05, 0.1) is 10.0 Å². The number of benzene rings is 2. The summed E-state index contributed by atoms with van der Waals surface area (Å²) in [6, 6.07) is 13.7. The molecule has 1 fully saturated rings. The molecule has 1 N–H and O–H groups in total. The lowest BCUT2D eigenvalue weighted by Crippen LogP contribution is -2.28. The molecule has 0 bridgehead atoms. The van der Waals surface area contributed by atoms with Crippen LogP contribution in [0.15, 0.2) is 42.5 Å². The summed E-state index contributed by atoms with van der Waals surface area (Å²) in [4.78, 5) is 13.5. The van der Waals surface area contributed by atoms with E-state index < -0.39 is 0 Å². The smallest absolute Gasteiger partial charge is 0.222 e. The van der Waals surface area contributed by atoms with Crippen LogP contribution in [0.1, 0.15) is 30.4 Å². The second-order valence-corrected chi connectivity index (χ2v) is 7.49.